The Balaban J connectivity index is 2.15. The zero-order valence-corrected chi connectivity index (χ0v) is 12.4. The number of benzene rings is 1. The Labute approximate surface area is 117 Å². The molecule has 1 aromatic carbocycles. The Hall–Kier alpha value is -1.05. The lowest BCUT2D eigenvalue weighted by Crippen LogP contribution is -2.36. The molecule has 0 amide bonds. The summed E-state index contributed by atoms with van der Waals surface area (Å²) in [6.45, 7) is 2.16. The fourth-order valence-electron chi connectivity index (χ4n) is 2.54. The average molecular weight is 308 g/mol. The molecule has 0 aromatic heterocycles. The van der Waals surface area contributed by atoms with Gasteiger partial charge >= 0.3 is 0 Å². The molecule has 96 valence electrons. The van der Waals surface area contributed by atoms with Crippen LogP contribution in [0.4, 0.5) is 5.69 Å². The fourth-order valence-corrected chi connectivity index (χ4v) is 2.89. The van der Waals surface area contributed by atoms with Gasteiger partial charge in [0, 0.05) is 24.1 Å². The molecule has 0 aliphatic carbocycles. The predicted molar refractivity (Wildman–Crippen MR) is 77.8 cm³/mol. The van der Waals surface area contributed by atoms with Crippen molar-refractivity contribution in [2.75, 3.05) is 32.1 Å². The third-order valence-electron chi connectivity index (χ3n) is 3.65. The summed E-state index contributed by atoms with van der Waals surface area (Å²) >= 11 is 3.47. The first-order valence-corrected chi connectivity index (χ1v) is 7.02. The van der Waals surface area contributed by atoms with Crippen molar-refractivity contribution in [1.29, 1.82) is 5.26 Å². The van der Waals surface area contributed by atoms with Crippen molar-refractivity contribution in [2.24, 2.45) is 0 Å². The van der Waals surface area contributed by atoms with Gasteiger partial charge in [-0.2, -0.15) is 5.26 Å². The number of hydrogen-bond acceptors (Lipinski definition) is 3. The van der Waals surface area contributed by atoms with E-state index < -0.39 is 0 Å². The van der Waals surface area contributed by atoms with Gasteiger partial charge in [0.2, 0.25) is 0 Å². The minimum absolute atomic E-state index is 0.598. The molecule has 1 unspecified atom stereocenters. The Morgan fingerprint density at radius 2 is 2.33 bits per heavy atom. The van der Waals surface area contributed by atoms with Gasteiger partial charge < -0.3 is 9.80 Å². The van der Waals surface area contributed by atoms with Crippen LogP contribution in [0.2, 0.25) is 0 Å². The smallest absolute Gasteiger partial charge is 0.101 e. The van der Waals surface area contributed by atoms with Crippen molar-refractivity contribution in [3.63, 3.8) is 0 Å². The van der Waals surface area contributed by atoms with Crippen molar-refractivity contribution in [1.82, 2.24) is 4.90 Å². The summed E-state index contributed by atoms with van der Waals surface area (Å²) < 4.78 is 1.02. The van der Waals surface area contributed by atoms with Crippen LogP contribution < -0.4 is 4.90 Å². The quantitative estimate of drug-likeness (QED) is 0.860. The van der Waals surface area contributed by atoms with E-state index in [4.69, 9.17) is 5.26 Å². The predicted octanol–water partition coefficient (Wildman–Crippen LogP) is 2.85. The molecule has 0 N–H and O–H groups in total. The maximum Gasteiger partial charge on any atom is 0.101 e. The molecule has 1 saturated heterocycles. The Morgan fingerprint density at radius 3 is 2.94 bits per heavy atom. The van der Waals surface area contributed by atoms with Crippen LogP contribution in [0.5, 0.6) is 0 Å². The molecule has 2 rings (SSSR count). The summed E-state index contributed by atoms with van der Waals surface area (Å²) in [7, 11) is 4.24. The molecular weight excluding hydrogens is 290 g/mol. The molecule has 0 spiro atoms. The number of nitriles is 1. The number of rotatable bonds is 3. The number of nitrogens with zero attached hydrogens (tertiary/aromatic N) is 3. The maximum absolute atomic E-state index is 9.17. The largest absolute Gasteiger partial charge is 0.372 e. The first kappa shape index (κ1) is 13.4. The van der Waals surface area contributed by atoms with Gasteiger partial charge in [-0.15, -0.1) is 0 Å². The molecule has 0 saturated carbocycles. The summed E-state index contributed by atoms with van der Waals surface area (Å²) in [4.78, 5) is 4.59. The Morgan fingerprint density at radius 1 is 1.56 bits per heavy atom. The summed E-state index contributed by atoms with van der Waals surface area (Å²) in [5.41, 5.74) is 1.74. The molecule has 18 heavy (non-hydrogen) atoms. The summed E-state index contributed by atoms with van der Waals surface area (Å²) in [6, 6.07) is 8.67. The number of hydrogen-bond donors (Lipinski definition) is 0. The van der Waals surface area contributed by atoms with E-state index in [0.29, 0.717) is 6.04 Å². The minimum atomic E-state index is 0.598. The molecule has 1 fully saturated rings. The van der Waals surface area contributed by atoms with Gasteiger partial charge in [-0.05, 0) is 44.6 Å². The molecule has 1 atom stereocenters. The van der Waals surface area contributed by atoms with E-state index in [0.717, 1.165) is 22.3 Å². The highest BCUT2D eigenvalue weighted by Crippen LogP contribution is 2.25. The third-order valence-corrected chi connectivity index (χ3v) is 4.14. The van der Waals surface area contributed by atoms with Gasteiger partial charge in [-0.1, -0.05) is 15.9 Å². The SMILES string of the molecule is CN(CC1CCCN1C)c1cc(Br)ccc1C#N. The fraction of sp³-hybridized carbons (Fsp3) is 0.500. The highest BCUT2D eigenvalue weighted by molar-refractivity contribution is 9.10. The lowest BCUT2D eigenvalue weighted by atomic mass is 10.1. The molecule has 1 aromatic rings. The van der Waals surface area contributed by atoms with Gasteiger partial charge in [0.25, 0.3) is 0 Å². The van der Waals surface area contributed by atoms with Crippen molar-refractivity contribution in [3.8, 4) is 6.07 Å². The highest BCUT2D eigenvalue weighted by atomic mass is 79.9. The van der Waals surface area contributed by atoms with Crippen LogP contribution in [-0.4, -0.2) is 38.1 Å². The zero-order chi connectivity index (χ0) is 13.1. The molecule has 3 nitrogen and oxygen atoms in total. The lowest BCUT2D eigenvalue weighted by Gasteiger charge is -2.28. The monoisotopic (exact) mass is 307 g/mol. The zero-order valence-electron chi connectivity index (χ0n) is 10.9. The standard InChI is InChI=1S/C14H18BrN3/c1-17-7-3-4-13(17)10-18(2)14-8-12(15)6-5-11(14)9-16/h5-6,8,13H,3-4,7,10H2,1-2H3. The van der Waals surface area contributed by atoms with E-state index in [1.165, 1.54) is 19.4 Å². The van der Waals surface area contributed by atoms with Crippen LogP contribution in [0.1, 0.15) is 18.4 Å². The average Bonchev–Trinajstić information content (AvgIpc) is 2.75. The second-order valence-electron chi connectivity index (χ2n) is 4.93. The van der Waals surface area contributed by atoms with E-state index in [1.54, 1.807) is 0 Å². The summed E-state index contributed by atoms with van der Waals surface area (Å²) in [5, 5.41) is 9.17. The molecule has 1 heterocycles. The van der Waals surface area contributed by atoms with E-state index in [1.807, 2.05) is 18.2 Å². The van der Waals surface area contributed by atoms with Crippen molar-refractivity contribution >= 4 is 21.6 Å². The number of halogens is 1. The van der Waals surface area contributed by atoms with E-state index in [9.17, 15) is 0 Å². The first-order valence-electron chi connectivity index (χ1n) is 6.23. The second-order valence-corrected chi connectivity index (χ2v) is 5.85. The lowest BCUT2D eigenvalue weighted by molar-refractivity contribution is 0.314. The molecule has 4 heteroatoms. The molecule has 0 radical (unpaired) electrons. The van der Waals surface area contributed by atoms with Crippen LogP contribution in [-0.2, 0) is 0 Å². The van der Waals surface area contributed by atoms with Crippen LogP contribution in [0.3, 0.4) is 0 Å². The molecule has 1 aliphatic heterocycles. The van der Waals surface area contributed by atoms with Gasteiger partial charge in [0.05, 0.1) is 11.3 Å². The highest BCUT2D eigenvalue weighted by Gasteiger charge is 2.22. The molecule has 1 aliphatic rings. The Kier molecular flexibility index (Phi) is 4.26. The van der Waals surface area contributed by atoms with Crippen LogP contribution in [0, 0.1) is 11.3 Å². The molecular formula is C14H18BrN3. The summed E-state index contributed by atoms with van der Waals surface area (Å²) in [5.74, 6) is 0. The first-order chi connectivity index (χ1) is 8.61. The van der Waals surface area contributed by atoms with Gasteiger partial charge in [-0.3, -0.25) is 0 Å². The molecule has 0 bridgehead atoms. The van der Waals surface area contributed by atoms with Crippen LogP contribution in [0.25, 0.3) is 0 Å². The number of anilines is 1. The van der Waals surface area contributed by atoms with Gasteiger partial charge in [0.1, 0.15) is 6.07 Å². The number of likely N-dealkylation sites (tertiary alicyclic amines) is 1. The second kappa shape index (κ2) is 5.73. The van der Waals surface area contributed by atoms with Crippen molar-refractivity contribution < 1.29 is 0 Å². The maximum atomic E-state index is 9.17. The van der Waals surface area contributed by atoms with Gasteiger partial charge in [-0.25, -0.2) is 0 Å². The Bertz CT molecular complexity index is 467. The van der Waals surface area contributed by atoms with Crippen molar-refractivity contribution in [3.05, 3.63) is 28.2 Å². The topological polar surface area (TPSA) is 30.3 Å². The van der Waals surface area contributed by atoms with E-state index in [-0.39, 0.29) is 0 Å². The van der Waals surface area contributed by atoms with E-state index in [2.05, 4.69) is 45.9 Å². The van der Waals surface area contributed by atoms with Crippen LogP contribution in [0.15, 0.2) is 22.7 Å². The van der Waals surface area contributed by atoms with Crippen molar-refractivity contribution in [2.45, 2.75) is 18.9 Å². The van der Waals surface area contributed by atoms with Gasteiger partial charge in [0.15, 0.2) is 0 Å². The summed E-state index contributed by atoms with van der Waals surface area (Å²) in [6.07, 6.45) is 2.52. The number of likely N-dealkylation sites (N-methyl/N-ethyl adjacent to an activating group) is 2. The normalized spacial score (nSPS) is 19.8. The third kappa shape index (κ3) is 2.85. The minimum Gasteiger partial charge on any atom is -0.372 e. The van der Waals surface area contributed by atoms with Crippen LogP contribution >= 0.6 is 15.9 Å². The van der Waals surface area contributed by atoms with E-state index >= 15 is 0 Å².